The van der Waals surface area contributed by atoms with E-state index in [0.717, 1.165) is 0 Å². The third kappa shape index (κ3) is 2.68. The van der Waals surface area contributed by atoms with Crippen molar-refractivity contribution in [2.24, 2.45) is 5.92 Å². The summed E-state index contributed by atoms with van der Waals surface area (Å²) in [7, 11) is 1.73. The number of rotatable bonds is 3. The van der Waals surface area contributed by atoms with Crippen LogP contribution in [0.5, 0.6) is 0 Å². The first-order chi connectivity index (χ1) is 7.07. The third-order valence-corrected chi connectivity index (χ3v) is 2.54. The summed E-state index contributed by atoms with van der Waals surface area (Å²) in [6.07, 6.45) is 0. The number of amides is 2. The predicted molar refractivity (Wildman–Crippen MR) is 57.3 cm³/mol. The average Bonchev–Trinajstić information content (AvgIpc) is 2.17. The zero-order valence-corrected chi connectivity index (χ0v) is 9.54. The molecular formula is C10H19N3O2. The lowest BCUT2D eigenvalue weighted by Crippen LogP contribution is -2.60. The summed E-state index contributed by atoms with van der Waals surface area (Å²) < 4.78 is 0. The molecule has 15 heavy (non-hydrogen) atoms. The van der Waals surface area contributed by atoms with E-state index in [0.29, 0.717) is 13.1 Å². The van der Waals surface area contributed by atoms with E-state index in [2.05, 4.69) is 10.6 Å². The Morgan fingerprint density at radius 1 is 1.67 bits per heavy atom. The monoisotopic (exact) mass is 213 g/mol. The molecule has 1 saturated heterocycles. The number of nitrogens with one attached hydrogen (secondary N) is 2. The highest BCUT2D eigenvalue weighted by Crippen LogP contribution is 2.13. The highest BCUT2D eigenvalue weighted by molar-refractivity contribution is 5.89. The number of carbonyl (C=O) groups is 2. The second-order valence-electron chi connectivity index (χ2n) is 4.10. The van der Waals surface area contributed by atoms with Gasteiger partial charge in [0.05, 0.1) is 6.54 Å². The van der Waals surface area contributed by atoms with Crippen molar-refractivity contribution in [2.45, 2.75) is 19.9 Å². The van der Waals surface area contributed by atoms with Gasteiger partial charge < -0.3 is 15.5 Å². The molecule has 1 heterocycles. The molecule has 0 aliphatic carbocycles. The molecule has 0 aromatic heterocycles. The largest absolute Gasteiger partial charge is 0.353 e. The maximum absolute atomic E-state index is 11.7. The molecule has 1 aliphatic heterocycles. The van der Waals surface area contributed by atoms with E-state index in [1.807, 2.05) is 13.8 Å². The lowest BCUT2D eigenvalue weighted by molar-refractivity contribution is -0.144. The molecule has 0 radical (unpaired) electrons. The molecule has 0 aromatic rings. The van der Waals surface area contributed by atoms with E-state index in [-0.39, 0.29) is 30.3 Å². The van der Waals surface area contributed by atoms with Gasteiger partial charge in [0.1, 0.15) is 6.04 Å². The summed E-state index contributed by atoms with van der Waals surface area (Å²) in [4.78, 5) is 25.0. The molecule has 1 fully saturated rings. The van der Waals surface area contributed by atoms with Gasteiger partial charge >= 0.3 is 0 Å². The van der Waals surface area contributed by atoms with Gasteiger partial charge in [-0.3, -0.25) is 9.59 Å². The van der Waals surface area contributed by atoms with Gasteiger partial charge in [0.25, 0.3) is 0 Å². The molecule has 5 heteroatoms. The summed E-state index contributed by atoms with van der Waals surface area (Å²) >= 11 is 0. The van der Waals surface area contributed by atoms with Crippen LogP contribution in [0.4, 0.5) is 0 Å². The lowest BCUT2D eigenvalue weighted by Gasteiger charge is -2.37. The van der Waals surface area contributed by atoms with Gasteiger partial charge in [0.2, 0.25) is 11.8 Å². The molecule has 1 atom stereocenters. The van der Waals surface area contributed by atoms with Crippen LogP contribution in [0, 0.1) is 5.92 Å². The van der Waals surface area contributed by atoms with Crippen LogP contribution in [0.25, 0.3) is 0 Å². The molecular weight excluding hydrogens is 194 g/mol. The molecule has 2 N–H and O–H groups in total. The molecule has 86 valence electrons. The summed E-state index contributed by atoms with van der Waals surface area (Å²) in [5.41, 5.74) is 0. The standard InChI is InChI=1S/C10H19N3O2/c1-7(2)9-10(15)12-4-5-13(9)8(14)6-11-3/h7,9,11H,4-6H2,1-3H3,(H,12,15). The molecule has 2 amide bonds. The maximum atomic E-state index is 11.7. The maximum Gasteiger partial charge on any atom is 0.243 e. The summed E-state index contributed by atoms with van der Waals surface area (Å²) in [6.45, 7) is 5.35. The fourth-order valence-corrected chi connectivity index (χ4v) is 1.88. The number of piperazine rings is 1. The molecule has 1 unspecified atom stereocenters. The quantitative estimate of drug-likeness (QED) is 0.644. The van der Waals surface area contributed by atoms with Crippen molar-refractivity contribution in [1.82, 2.24) is 15.5 Å². The van der Waals surface area contributed by atoms with Crippen LogP contribution in [-0.4, -0.2) is 49.4 Å². The topological polar surface area (TPSA) is 61.4 Å². The van der Waals surface area contributed by atoms with Crippen molar-refractivity contribution < 1.29 is 9.59 Å². The SMILES string of the molecule is CNCC(=O)N1CCNC(=O)C1C(C)C. The zero-order valence-electron chi connectivity index (χ0n) is 9.54. The molecule has 0 bridgehead atoms. The Labute approximate surface area is 90.2 Å². The fraction of sp³-hybridized carbons (Fsp3) is 0.800. The van der Waals surface area contributed by atoms with E-state index in [9.17, 15) is 9.59 Å². The van der Waals surface area contributed by atoms with Gasteiger partial charge in [-0.15, -0.1) is 0 Å². The first-order valence-electron chi connectivity index (χ1n) is 5.29. The summed E-state index contributed by atoms with van der Waals surface area (Å²) in [6, 6.07) is -0.320. The highest BCUT2D eigenvalue weighted by Gasteiger charge is 2.34. The molecule has 1 rings (SSSR count). The van der Waals surface area contributed by atoms with Gasteiger partial charge in [0.15, 0.2) is 0 Å². The van der Waals surface area contributed by atoms with Gasteiger partial charge in [-0.2, -0.15) is 0 Å². The first-order valence-corrected chi connectivity index (χ1v) is 5.29. The third-order valence-electron chi connectivity index (χ3n) is 2.54. The van der Waals surface area contributed by atoms with Gasteiger partial charge in [-0.25, -0.2) is 0 Å². The Balaban J connectivity index is 2.74. The van der Waals surface area contributed by atoms with Crippen molar-refractivity contribution in [3.05, 3.63) is 0 Å². The Bertz CT molecular complexity index is 253. The summed E-state index contributed by atoms with van der Waals surface area (Å²) in [5.74, 6) is 0.0952. The molecule has 0 saturated carbocycles. The smallest absolute Gasteiger partial charge is 0.243 e. The highest BCUT2D eigenvalue weighted by atomic mass is 16.2. The Morgan fingerprint density at radius 2 is 2.33 bits per heavy atom. The Kier molecular flexibility index (Phi) is 4.08. The van der Waals surface area contributed by atoms with E-state index < -0.39 is 0 Å². The van der Waals surface area contributed by atoms with Crippen LogP contribution in [0.3, 0.4) is 0 Å². The Morgan fingerprint density at radius 3 is 2.87 bits per heavy atom. The minimum Gasteiger partial charge on any atom is -0.353 e. The average molecular weight is 213 g/mol. The lowest BCUT2D eigenvalue weighted by atomic mass is 9.99. The second kappa shape index (κ2) is 5.11. The molecule has 5 nitrogen and oxygen atoms in total. The van der Waals surface area contributed by atoms with Crippen molar-refractivity contribution in [1.29, 1.82) is 0 Å². The van der Waals surface area contributed by atoms with Crippen LogP contribution >= 0.6 is 0 Å². The molecule has 0 spiro atoms. The minimum absolute atomic E-state index is 0.00829. The number of nitrogens with zero attached hydrogens (tertiary/aromatic N) is 1. The van der Waals surface area contributed by atoms with E-state index in [1.54, 1.807) is 11.9 Å². The van der Waals surface area contributed by atoms with E-state index >= 15 is 0 Å². The first kappa shape index (κ1) is 12.0. The van der Waals surface area contributed by atoms with Crippen molar-refractivity contribution in [3.8, 4) is 0 Å². The van der Waals surface area contributed by atoms with E-state index in [1.165, 1.54) is 0 Å². The van der Waals surface area contributed by atoms with Crippen molar-refractivity contribution >= 4 is 11.8 Å². The van der Waals surface area contributed by atoms with Crippen LogP contribution in [0.1, 0.15) is 13.8 Å². The fourth-order valence-electron chi connectivity index (χ4n) is 1.88. The van der Waals surface area contributed by atoms with Crippen LogP contribution in [0.15, 0.2) is 0 Å². The van der Waals surface area contributed by atoms with Crippen LogP contribution in [0.2, 0.25) is 0 Å². The van der Waals surface area contributed by atoms with E-state index in [4.69, 9.17) is 0 Å². The van der Waals surface area contributed by atoms with Gasteiger partial charge in [0, 0.05) is 13.1 Å². The zero-order chi connectivity index (χ0) is 11.4. The number of hydrogen-bond acceptors (Lipinski definition) is 3. The van der Waals surface area contributed by atoms with Crippen LogP contribution in [-0.2, 0) is 9.59 Å². The predicted octanol–water partition coefficient (Wildman–Crippen LogP) is -0.811. The normalized spacial score (nSPS) is 21.7. The van der Waals surface area contributed by atoms with Crippen molar-refractivity contribution in [2.75, 3.05) is 26.7 Å². The van der Waals surface area contributed by atoms with Gasteiger partial charge in [-0.05, 0) is 13.0 Å². The molecule has 0 aromatic carbocycles. The second-order valence-corrected chi connectivity index (χ2v) is 4.10. The number of carbonyl (C=O) groups excluding carboxylic acids is 2. The number of hydrogen-bond donors (Lipinski definition) is 2. The van der Waals surface area contributed by atoms with Crippen molar-refractivity contribution in [3.63, 3.8) is 0 Å². The minimum atomic E-state index is -0.320. The van der Waals surface area contributed by atoms with Crippen LogP contribution < -0.4 is 10.6 Å². The number of likely N-dealkylation sites (N-methyl/N-ethyl adjacent to an activating group) is 1. The van der Waals surface area contributed by atoms with Gasteiger partial charge in [-0.1, -0.05) is 13.8 Å². The summed E-state index contributed by atoms with van der Waals surface area (Å²) in [5, 5.41) is 5.60. The Hall–Kier alpha value is -1.10. The molecule has 1 aliphatic rings.